The van der Waals surface area contributed by atoms with E-state index in [0.717, 1.165) is 30.0 Å². The van der Waals surface area contributed by atoms with Gasteiger partial charge >= 0.3 is 6.03 Å². The van der Waals surface area contributed by atoms with Crippen LogP contribution in [0.1, 0.15) is 31.2 Å². The van der Waals surface area contributed by atoms with Gasteiger partial charge in [0.1, 0.15) is 5.82 Å². The van der Waals surface area contributed by atoms with Gasteiger partial charge in [0, 0.05) is 38.1 Å². The van der Waals surface area contributed by atoms with Crippen LogP contribution in [0, 0.1) is 12.3 Å². The number of nitrogens with zero attached hydrogens (tertiary/aromatic N) is 5. The van der Waals surface area contributed by atoms with E-state index >= 15 is 0 Å². The molecule has 3 heterocycles. The van der Waals surface area contributed by atoms with Gasteiger partial charge in [0.15, 0.2) is 5.65 Å². The number of urea groups is 1. The van der Waals surface area contributed by atoms with E-state index in [1.165, 1.54) is 26.2 Å². The third kappa shape index (κ3) is 3.94. The van der Waals surface area contributed by atoms with Gasteiger partial charge in [-0.2, -0.15) is 4.98 Å². The average Bonchev–Trinajstić information content (AvgIpc) is 3.44. The summed E-state index contributed by atoms with van der Waals surface area (Å²) >= 11 is 0. The number of amides is 2. The Morgan fingerprint density at radius 2 is 1.89 bits per heavy atom. The van der Waals surface area contributed by atoms with Gasteiger partial charge < -0.3 is 10.6 Å². The summed E-state index contributed by atoms with van der Waals surface area (Å²) in [7, 11) is -0.557. The largest absolute Gasteiger partial charge is 0.335 e. The van der Waals surface area contributed by atoms with E-state index in [1.807, 2.05) is 0 Å². The van der Waals surface area contributed by atoms with E-state index in [1.54, 1.807) is 29.3 Å². The molecular formula is C24H25N7O3S. The number of aromatic nitrogens is 3. The van der Waals surface area contributed by atoms with Crippen LogP contribution >= 0.6 is 0 Å². The van der Waals surface area contributed by atoms with Crippen LogP contribution in [0.15, 0.2) is 41.4 Å². The summed E-state index contributed by atoms with van der Waals surface area (Å²) in [5.41, 5.74) is 1.25. The lowest BCUT2D eigenvalue weighted by atomic mass is 9.97. The molecular weight excluding hydrogens is 466 g/mol. The number of hydrogen-bond acceptors (Lipinski definition) is 7. The molecule has 3 aromatic rings. The molecule has 2 aliphatic rings. The van der Waals surface area contributed by atoms with Crippen LogP contribution in [0.25, 0.3) is 11.0 Å². The molecule has 1 saturated heterocycles. The third-order valence-corrected chi connectivity index (χ3v) is 8.44. The number of carbonyl (C=O) groups excluding carboxylic acids is 1. The molecule has 0 atom stereocenters. The number of rotatable bonds is 5. The summed E-state index contributed by atoms with van der Waals surface area (Å²) in [5.74, 6) is 3.42. The molecule has 1 saturated carbocycles. The van der Waals surface area contributed by atoms with Crippen LogP contribution < -0.4 is 15.5 Å². The van der Waals surface area contributed by atoms with Gasteiger partial charge in [-0.05, 0) is 43.2 Å². The Labute approximate surface area is 203 Å². The Bertz CT molecular complexity index is 1460. The quantitative estimate of drug-likeness (QED) is 0.527. The molecule has 10 nitrogen and oxygen atoms in total. The second kappa shape index (κ2) is 8.48. The van der Waals surface area contributed by atoms with Crippen molar-refractivity contribution in [3.63, 3.8) is 0 Å². The number of fused-ring (bicyclic) bond motifs is 1. The number of nitrogens with one attached hydrogen (secondary N) is 2. The first-order valence-corrected chi connectivity index (χ1v) is 12.7. The average molecular weight is 492 g/mol. The molecule has 2 amide bonds. The third-order valence-electron chi connectivity index (χ3n) is 6.61. The Morgan fingerprint density at radius 3 is 2.54 bits per heavy atom. The van der Waals surface area contributed by atoms with Crippen LogP contribution in [0.2, 0.25) is 0 Å². The van der Waals surface area contributed by atoms with Gasteiger partial charge in [-0.1, -0.05) is 18.8 Å². The van der Waals surface area contributed by atoms with Crippen LogP contribution in [0.4, 0.5) is 22.2 Å². The van der Waals surface area contributed by atoms with Crippen molar-refractivity contribution in [1.29, 1.82) is 0 Å². The van der Waals surface area contributed by atoms with Crippen LogP contribution in [0.3, 0.4) is 0 Å². The fraction of sp³-hybridized carbons (Fsp3) is 0.333. The van der Waals surface area contributed by atoms with E-state index in [0.29, 0.717) is 34.6 Å². The van der Waals surface area contributed by atoms with Crippen molar-refractivity contribution >= 4 is 44.5 Å². The molecule has 0 unspecified atom stereocenters. The van der Waals surface area contributed by atoms with Crippen molar-refractivity contribution in [2.24, 2.45) is 0 Å². The minimum absolute atomic E-state index is 0.179. The second-order valence-corrected chi connectivity index (χ2v) is 11.1. The number of benzene rings is 1. The zero-order valence-corrected chi connectivity index (χ0v) is 20.3. The summed E-state index contributed by atoms with van der Waals surface area (Å²) in [5, 5.41) is 6.64. The highest BCUT2D eigenvalue weighted by molar-refractivity contribution is 7.89. The van der Waals surface area contributed by atoms with E-state index in [9.17, 15) is 13.2 Å². The molecule has 35 heavy (non-hydrogen) atoms. The first-order valence-electron chi connectivity index (χ1n) is 11.3. The number of terminal acetylenes is 1. The molecule has 2 fully saturated rings. The molecule has 2 N–H and O–H groups in total. The molecule has 1 spiro atoms. The van der Waals surface area contributed by atoms with Gasteiger partial charge in [-0.3, -0.25) is 4.90 Å². The molecule has 2 aromatic heterocycles. The van der Waals surface area contributed by atoms with E-state index < -0.39 is 10.0 Å². The van der Waals surface area contributed by atoms with E-state index in [4.69, 9.17) is 11.4 Å². The molecule has 5 rings (SSSR count). The SMILES string of the molecule is C#Cc1cc(N2C(=O)NCC23CCCC3)nc2nc(Nc3ccc(S(=O)(=O)N(C)C)cc3)ncc12. The summed E-state index contributed by atoms with van der Waals surface area (Å²) in [6.07, 6.45) is 11.3. The van der Waals surface area contributed by atoms with Crippen LogP contribution in [-0.4, -0.2) is 59.9 Å². The van der Waals surface area contributed by atoms with Crippen molar-refractivity contribution in [1.82, 2.24) is 24.6 Å². The Morgan fingerprint density at radius 1 is 1.17 bits per heavy atom. The summed E-state index contributed by atoms with van der Waals surface area (Å²) in [6.45, 7) is 0.590. The van der Waals surface area contributed by atoms with Crippen molar-refractivity contribution < 1.29 is 13.2 Å². The first-order chi connectivity index (χ1) is 16.7. The highest BCUT2D eigenvalue weighted by atomic mass is 32.2. The van der Waals surface area contributed by atoms with Crippen LogP contribution in [-0.2, 0) is 10.0 Å². The maximum absolute atomic E-state index is 12.8. The molecule has 1 aliphatic carbocycles. The predicted octanol–water partition coefficient (Wildman–Crippen LogP) is 2.84. The standard InChI is InChI=1S/C24H25N7O3S/c1-4-16-13-20(31-23(32)26-15-24(31)11-5-6-12-24)28-21-19(16)14-25-22(29-21)27-17-7-9-18(10-8-17)35(33,34)30(2)3/h1,7-10,13-14H,5-6,11-12,15H2,2-3H3,(H,26,32)(H,25,27,28,29). The van der Waals surface area contributed by atoms with Crippen LogP contribution in [0.5, 0.6) is 0 Å². The molecule has 180 valence electrons. The maximum Gasteiger partial charge on any atom is 0.323 e. The highest BCUT2D eigenvalue weighted by Crippen LogP contribution is 2.40. The zero-order chi connectivity index (χ0) is 24.8. The summed E-state index contributed by atoms with van der Waals surface area (Å²) in [6, 6.07) is 7.87. The fourth-order valence-electron chi connectivity index (χ4n) is 4.73. The number of pyridine rings is 1. The monoisotopic (exact) mass is 491 g/mol. The van der Waals surface area contributed by atoms with E-state index in [2.05, 4.69) is 26.5 Å². The van der Waals surface area contributed by atoms with Crippen molar-refractivity contribution in [3.05, 3.63) is 42.1 Å². The van der Waals surface area contributed by atoms with Gasteiger partial charge in [-0.25, -0.2) is 27.5 Å². The predicted molar refractivity (Wildman–Crippen MR) is 133 cm³/mol. The van der Waals surface area contributed by atoms with Gasteiger partial charge in [0.05, 0.1) is 15.8 Å². The molecule has 1 aliphatic heterocycles. The summed E-state index contributed by atoms with van der Waals surface area (Å²) < 4.78 is 25.7. The Hall–Kier alpha value is -3.75. The van der Waals surface area contributed by atoms with Crippen molar-refractivity contribution in [2.75, 3.05) is 30.9 Å². The number of anilines is 3. The number of hydrogen-bond donors (Lipinski definition) is 2. The molecule has 11 heteroatoms. The first kappa shape index (κ1) is 23.0. The lowest BCUT2D eigenvalue weighted by Crippen LogP contribution is -2.45. The molecule has 0 radical (unpaired) electrons. The smallest absolute Gasteiger partial charge is 0.323 e. The van der Waals surface area contributed by atoms with Gasteiger partial charge in [0.25, 0.3) is 0 Å². The topological polar surface area (TPSA) is 120 Å². The fourth-order valence-corrected chi connectivity index (χ4v) is 5.64. The minimum atomic E-state index is -3.52. The van der Waals surface area contributed by atoms with Gasteiger partial charge in [0.2, 0.25) is 16.0 Å². The summed E-state index contributed by atoms with van der Waals surface area (Å²) in [4.78, 5) is 28.3. The zero-order valence-electron chi connectivity index (χ0n) is 19.4. The Kier molecular flexibility index (Phi) is 5.57. The minimum Gasteiger partial charge on any atom is -0.335 e. The Balaban J connectivity index is 1.49. The lowest BCUT2D eigenvalue weighted by molar-refractivity contribution is 0.250. The van der Waals surface area contributed by atoms with Gasteiger partial charge in [-0.15, -0.1) is 6.42 Å². The second-order valence-electron chi connectivity index (χ2n) is 8.97. The lowest BCUT2D eigenvalue weighted by Gasteiger charge is -2.32. The number of sulfonamides is 1. The normalized spacial score (nSPS) is 17.2. The molecule has 0 bridgehead atoms. The maximum atomic E-state index is 12.8. The van der Waals surface area contributed by atoms with E-state index in [-0.39, 0.29) is 22.4 Å². The molecule has 1 aromatic carbocycles. The van der Waals surface area contributed by atoms with Crippen molar-refractivity contribution in [3.8, 4) is 12.3 Å². The highest BCUT2D eigenvalue weighted by Gasteiger charge is 2.48. The number of carbonyl (C=O) groups is 1. The van der Waals surface area contributed by atoms with Crippen molar-refractivity contribution in [2.45, 2.75) is 36.1 Å².